The molecule has 6 heterocycles. The fraction of sp³-hybridized carbons (Fsp3) is 0.429. The van der Waals surface area contributed by atoms with Crippen molar-refractivity contribution in [3.63, 3.8) is 0 Å². The van der Waals surface area contributed by atoms with E-state index in [9.17, 15) is 30.2 Å². The van der Waals surface area contributed by atoms with Crippen LogP contribution in [-0.4, -0.2) is 191 Å². The number of benzene rings is 6. The van der Waals surface area contributed by atoms with Crippen molar-refractivity contribution in [3.05, 3.63) is 159 Å². The zero-order valence-corrected chi connectivity index (χ0v) is 65.8. The van der Waals surface area contributed by atoms with E-state index in [4.69, 9.17) is 27.8 Å². The fourth-order valence-corrected chi connectivity index (χ4v) is 16.4. The topological polar surface area (TPSA) is 295 Å². The minimum Gasteiger partial charge on any atom is -0.490 e. The van der Waals surface area contributed by atoms with Crippen LogP contribution < -0.4 is 19.5 Å². The maximum absolute atomic E-state index is 12.8. The Kier molecular flexibility index (Phi) is 23.9. The number of rotatable bonds is 20. The van der Waals surface area contributed by atoms with E-state index < -0.39 is 0 Å². The summed E-state index contributed by atoms with van der Waals surface area (Å²) in [6.07, 6.45) is 7.00. The molecule has 24 nitrogen and oxygen atoms in total. The molecule has 3 aliphatic heterocycles. The van der Waals surface area contributed by atoms with Gasteiger partial charge in [-0.1, -0.05) is 86.0 Å². The Balaban J connectivity index is 0.000000147. The molecule has 3 aliphatic carbocycles. The molecule has 109 heavy (non-hydrogen) atoms. The number of alkyl halides is 1. The number of likely N-dealkylation sites (tertiary alicyclic amines) is 2. The van der Waals surface area contributed by atoms with Crippen LogP contribution in [0.2, 0.25) is 0 Å². The second-order valence-corrected chi connectivity index (χ2v) is 31.4. The van der Waals surface area contributed by atoms with E-state index in [1.54, 1.807) is 36.4 Å². The summed E-state index contributed by atoms with van der Waals surface area (Å²) in [6, 6.07) is 40.9. The van der Waals surface area contributed by atoms with Crippen molar-refractivity contribution in [2.45, 2.75) is 134 Å². The highest BCUT2D eigenvalue weighted by molar-refractivity contribution is 9.09. The highest BCUT2D eigenvalue weighted by Gasteiger charge is 2.51. The summed E-state index contributed by atoms with van der Waals surface area (Å²) in [7, 11) is 12.2. The van der Waals surface area contributed by atoms with E-state index in [1.165, 1.54) is 33.4 Å². The molecule has 3 fully saturated rings. The number of fused-ring (bicyclic) bond motifs is 6. The van der Waals surface area contributed by atoms with Crippen LogP contribution in [0.3, 0.4) is 0 Å². The Morgan fingerprint density at radius 3 is 1.12 bits per heavy atom. The van der Waals surface area contributed by atoms with Crippen molar-refractivity contribution in [1.29, 1.82) is 15.8 Å². The number of likely N-dealkylation sites (N-methyl/N-ethyl adjacent to an activating group) is 2. The summed E-state index contributed by atoms with van der Waals surface area (Å²) in [5.41, 5.74) is 12.9. The number of nitrogens with one attached hydrogen (secondary N) is 1. The lowest BCUT2D eigenvalue weighted by molar-refractivity contribution is -0.128. The van der Waals surface area contributed by atoms with Crippen LogP contribution in [-0.2, 0) is 49.9 Å². The van der Waals surface area contributed by atoms with Crippen LogP contribution in [0.25, 0.3) is 68.5 Å². The number of carbonyl (C=O) groups excluding carboxylic acids is 3. The Labute approximate surface area is 645 Å². The first-order valence-corrected chi connectivity index (χ1v) is 38.3. The molecule has 9 aromatic rings. The van der Waals surface area contributed by atoms with Gasteiger partial charge in [0.1, 0.15) is 35.5 Å². The molecule has 3 unspecified atom stereocenters. The lowest BCUT2D eigenvalue weighted by Gasteiger charge is -2.25. The molecule has 1 N–H and O–H groups in total. The predicted octanol–water partition coefficient (Wildman–Crippen LogP) is 12.8. The Bertz CT molecular complexity index is 4760. The summed E-state index contributed by atoms with van der Waals surface area (Å²) in [5, 5.41) is 45.4. The minimum atomic E-state index is -0.144. The average Bonchev–Trinajstić information content (AvgIpc) is 1.59. The number of hydrogen-bond acceptors (Lipinski definition) is 21. The third-order valence-electron chi connectivity index (χ3n) is 20.9. The smallest absolute Gasteiger partial charge is 0.258 e. The number of amides is 3. The van der Waals surface area contributed by atoms with Gasteiger partial charge < -0.3 is 57.6 Å². The molecule has 6 aromatic carbocycles. The molecule has 15 rings (SSSR count). The molecule has 0 saturated carbocycles. The molecule has 3 atom stereocenters. The number of nitriles is 3. The molecule has 566 valence electrons. The van der Waals surface area contributed by atoms with E-state index in [1.807, 2.05) is 134 Å². The summed E-state index contributed by atoms with van der Waals surface area (Å²) in [6.45, 7) is 18.1. The predicted molar refractivity (Wildman–Crippen MR) is 416 cm³/mol. The van der Waals surface area contributed by atoms with Gasteiger partial charge in [-0.2, -0.15) is 30.7 Å². The average molecular weight is 1540 g/mol. The maximum Gasteiger partial charge on any atom is 0.258 e. The second-order valence-electron chi connectivity index (χ2n) is 30.6. The third kappa shape index (κ3) is 17.1. The van der Waals surface area contributed by atoms with Crippen molar-refractivity contribution in [2.75, 3.05) is 100.0 Å². The molecule has 3 spiro atoms. The quantitative estimate of drug-likeness (QED) is 0.0693. The molecule has 0 bridgehead atoms. The number of hydrogen-bond donors (Lipinski definition) is 1. The molecule has 6 aliphatic rings. The van der Waals surface area contributed by atoms with Gasteiger partial charge in [0.2, 0.25) is 35.2 Å². The fourth-order valence-electron chi connectivity index (χ4n) is 15.7. The first-order chi connectivity index (χ1) is 52.3. The molecule has 25 heteroatoms. The SMILES string of the molecule is CC(C)Oc1ccc(-c2nc(-c3cccc4c3CCC43CC(=O)N(CCN(C)C)C3)no2)cc1C#N.CC(C)Oc1ccc(-c2nc(-c3cccc4c3CCC43CC(=O)N(CCN(C)C)C3)no2)cc1C#N.CC(C)Oc1ccc(-c2nc(-c3cccc4c3CCC43CNC(=O)C3)no2)cc1C#N.CN(C)CCBr. The van der Waals surface area contributed by atoms with Crippen LogP contribution in [0.4, 0.5) is 0 Å². The summed E-state index contributed by atoms with van der Waals surface area (Å²) in [5.74, 6) is 4.80. The number of nitrogens with zero attached hydrogens (tertiary/aromatic N) is 14. The largest absolute Gasteiger partial charge is 0.490 e. The van der Waals surface area contributed by atoms with Gasteiger partial charge in [-0.05, 0) is 210 Å². The molecular weight excluding hydrogens is 1440 g/mol. The van der Waals surface area contributed by atoms with Crippen LogP contribution in [0.15, 0.2) is 123 Å². The Morgan fingerprint density at radius 1 is 0.486 bits per heavy atom. The highest BCUT2D eigenvalue weighted by Crippen LogP contribution is 2.51. The summed E-state index contributed by atoms with van der Waals surface area (Å²) in [4.78, 5) is 61.9. The number of ether oxygens (including phenoxy) is 3. The van der Waals surface area contributed by atoms with Gasteiger partial charge in [-0.3, -0.25) is 14.4 Å². The van der Waals surface area contributed by atoms with E-state index in [2.05, 4.69) is 117 Å². The van der Waals surface area contributed by atoms with Gasteiger partial charge in [0, 0.05) is 127 Å². The molecular formula is C84H94BrN15O9. The van der Waals surface area contributed by atoms with Crippen LogP contribution >= 0.6 is 15.9 Å². The number of aromatic nitrogens is 6. The molecule has 0 radical (unpaired) electrons. The molecule has 3 amide bonds. The standard InChI is InChI=1S/2C28H31N5O3.C24H22N4O3.C4H10BrN/c2*1-18(2)35-24-9-8-19(14-20(24)16-29)27-30-26(31-36-27)22-6-5-7-23-21(22)10-11-28(23)15-25(34)33(17-28)13-12-32(3)4;1-14(2)30-20-7-6-15(10-16(20)12-25)23-27-22(28-31-23)18-4-3-5-19-17(18)8-9-24(19)11-21(29)26-13-24;1-6(2)4-3-5/h2*5-9,14,18H,10-13,15,17H2,1-4H3;3-7,10,14H,8-9,11,13H2,1-2H3,(H,26,29);3-4H2,1-2H3. The van der Waals surface area contributed by atoms with Gasteiger partial charge in [-0.25, -0.2) is 0 Å². The van der Waals surface area contributed by atoms with Crippen molar-refractivity contribution >= 4 is 33.7 Å². The zero-order valence-electron chi connectivity index (χ0n) is 64.2. The van der Waals surface area contributed by atoms with Crippen molar-refractivity contribution < 1.29 is 42.2 Å². The lowest BCUT2D eigenvalue weighted by atomic mass is 9.80. The lowest BCUT2D eigenvalue weighted by Crippen LogP contribution is -2.35. The van der Waals surface area contributed by atoms with Crippen LogP contribution in [0.1, 0.15) is 130 Å². The van der Waals surface area contributed by atoms with E-state index in [0.29, 0.717) is 112 Å². The number of carbonyl (C=O) groups is 3. The van der Waals surface area contributed by atoms with Gasteiger partial charge in [0.15, 0.2) is 0 Å². The summed E-state index contributed by atoms with van der Waals surface area (Å²) < 4.78 is 33.9. The van der Waals surface area contributed by atoms with E-state index in [0.717, 1.165) is 106 Å². The van der Waals surface area contributed by atoms with E-state index in [-0.39, 0.29) is 52.3 Å². The third-order valence-corrected chi connectivity index (χ3v) is 21.2. The van der Waals surface area contributed by atoms with Gasteiger partial charge in [-0.15, -0.1) is 0 Å². The maximum atomic E-state index is 12.8. The summed E-state index contributed by atoms with van der Waals surface area (Å²) >= 11 is 3.31. The van der Waals surface area contributed by atoms with Gasteiger partial charge in [0.05, 0.1) is 35.0 Å². The first-order valence-electron chi connectivity index (χ1n) is 37.2. The minimum absolute atomic E-state index is 0.0261. The normalized spacial score (nSPS) is 18.6. The van der Waals surface area contributed by atoms with Gasteiger partial charge in [0.25, 0.3) is 17.7 Å². The highest BCUT2D eigenvalue weighted by atomic mass is 79.9. The zero-order chi connectivity index (χ0) is 77.5. The molecule has 3 aromatic heterocycles. The van der Waals surface area contributed by atoms with Crippen LogP contribution in [0, 0.1) is 34.0 Å². The Hall–Kier alpha value is -10.6. The van der Waals surface area contributed by atoms with Crippen molar-refractivity contribution in [3.8, 4) is 104 Å². The second kappa shape index (κ2) is 33.5. The van der Waals surface area contributed by atoms with Crippen LogP contribution in [0.5, 0.6) is 17.2 Å². The Morgan fingerprint density at radius 2 is 0.826 bits per heavy atom. The van der Waals surface area contributed by atoms with Crippen molar-refractivity contribution in [1.82, 2.24) is 60.2 Å². The van der Waals surface area contributed by atoms with Crippen molar-refractivity contribution in [2.24, 2.45) is 0 Å². The first kappa shape index (κ1) is 78.0. The molecule has 3 saturated heterocycles. The van der Waals surface area contributed by atoms with Gasteiger partial charge >= 0.3 is 0 Å². The monoisotopic (exact) mass is 1540 g/mol. The van der Waals surface area contributed by atoms with E-state index >= 15 is 0 Å². The number of halogens is 1.